The lowest BCUT2D eigenvalue weighted by atomic mass is 10.1. The number of carbonyl (C=O) groups is 1. The highest BCUT2D eigenvalue weighted by atomic mass is 32.2. The molecule has 0 radical (unpaired) electrons. The maximum Gasteiger partial charge on any atom is 0.266 e. The molecule has 27 heavy (non-hydrogen) atoms. The molecule has 0 atom stereocenters. The first-order chi connectivity index (χ1) is 13.3. The minimum absolute atomic E-state index is 0.0171. The number of amides is 1. The summed E-state index contributed by atoms with van der Waals surface area (Å²) in [7, 11) is 0. The van der Waals surface area contributed by atoms with Gasteiger partial charge in [-0.25, -0.2) is 0 Å². The number of hydrogen-bond acceptors (Lipinski definition) is 4. The number of ether oxygens (including phenoxy) is 1. The Morgan fingerprint density at radius 1 is 1.00 bits per heavy atom. The Balaban J connectivity index is 1.34. The largest absolute Gasteiger partial charge is 0.484 e. The molecule has 3 aromatic carbocycles. The van der Waals surface area contributed by atoms with E-state index in [9.17, 15) is 4.79 Å². The predicted octanol–water partition coefficient (Wildman–Crippen LogP) is 4.35. The van der Waals surface area contributed by atoms with E-state index in [0.717, 1.165) is 21.7 Å². The summed E-state index contributed by atoms with van der Waals surface area (Å²) in [6.45, 7) is 1.29. The van der Waals surface area contributed by atoms with E-state index < -0.39 is 0 Å². The van der Waals surface area contributed by atoms with Crippen LogP contribution in [0.5, 0.6) is 5.75 Å². The molecule has 0 unspecified atom stereocenters. The normalized spacial score (nSPS) is 13.6. The molecule has 0 saturated heterocycles. The summed E-state index contributed by atoms with van der Waals surface area (Å²) >= 11 is 1.60. The molecule has 0 bridgehead atoms. The van der Waals surface area contributed by atoms with Gasteiger partial charge in [0.1, 0.15) is 5.75 Å². The van der Waals surface area contributed by atoms with Crippen LogP contribution in [0.2, 0.25) is 0 Å². The van der Waals surface area contributed by atoms with Crippen molar-refractivity contribution in [3.63, 3.8) is 0 Å². The van der Waals surface area contributed by atoms with Gasteiger partial charge < -0.3 is 4.74 Å². The number of benzene rings is 3. The lowest BCUT2D eigenvalue weighted by Crippen LogP contribution is -2.36. The van der Waals surface area contributed by atoms with E-state index in [1.54, 1.807) is 16.7 Å². The number of rotatable bonds is 5. The second-order valence-corrected chi connectivity index (χ2v) is 7.22. The monoisotopic (exact) mass is 376 g/mol. The topological polar surface area (TPSA) is 41.9 Å². The van der Waals surface area contributed by atoms with Crippen molar-refractivity contribution in [2.24, 2.45) is 4.99 Å². The first kappa shape index (κ1) is 17.6. The van der Waals surface area contributed by atoms with Crippen molar-refractivity contribution in [2.75, 3.05) is 19.7 Å². The van der Waals surface area contributed by atoms with E-state index in [0.29, 0.717) is 18.8 Å². The molecule has 136 valence electrons. The lowest BCUT2D eigenvalue weighted by Gasteiger charge is -2.18. The summed E-state index contributed by atoms with van der Waals surface area (Å²) in [5.41, 5.74) is 1.22. The number of carbonyl (C=O) groups excluding carboxylic acids is 1. The van der Waals surface area contributed by atoms with E-state index in [1.807, 2.05) is 54.6 Å². The number of amidine groups is 1. The molecule has 1 aliphatic rings. The van der Waals surface area contributed by atoms with Gasteiger partial charge in [0.15, 0.2) is 11.8 Å². The molecule has 3 aromatic rings. The molecule has 0 saturated carbocycles. The molecule has 0 spiro atoms. The zero-order chi connectivity index (χ0) is 18.5. The zero-order valence-electron chi connectivity index (χ0n) is 14.9. The fourth-order valence-corrected chi connectivity index (χ4v) is 4.00. The van der Waals surface area contributed by atoms with Gasteiger partial charge in [0.25, 0.3) is 5.91 Å². The molecule has 4 rings (SSSR count). The van der Waals surface area contributed by atoms with Crippen molar-refractivity contribution in [3.8, 4) is 5.75 Å². The third-order valence-electron chi connectivity index (χ3n) is 4.40. The summed E-state index contributed by atoms with van der Waals surface area (Å²) in [5.74, 6) is 1.45. The van der Waals surface area contributed by atoms with Gasteiger partial charge in [-0.1, -0.05) is 72.4 Å². The standard InChI is InChI=1S/C22H20N2O2S/c25-21(15-26-20-11-10-18-8-4-5-9-19(18)14-20)24-13-12-23-22(24)27-16-17-6-2-1-3-7-17/h1-11,14H,12-13,15-16H2. The molecule has 0 aromatic heterocycles. The zero-order valence-corrected chi connectivity index (χ0v) is 15.7. The second-order valence-electron chi connectivity index (χ2n) is 6.28. The van der Waals surface area contributed by atoms with Gasteiger partial charge in [-0.05, 0) is 28.5 Å². The third-order valence-corrected chi connectivity index (χ3v) is 5.48. The molecule has 5 heteroatoms. The van der Waals surface area contributed by atoms with Crippen LogP contribution in [0.1, 0.15) is 5.56 Å². The van der Waals surface area contributed by atoms with E-state index >= 15 is 0 Å². The van der Waals surface area contributed by atoms with Crippen LogP contribution in [0.3, 0.4) is 0 Å². The first-order valence-corrected chi connectivity index (χ1v) is 9.91. The SMILES string of the molecule is O=C(COc1ccc2ccccc2c1)N1CCN=C1SCc1ccccc1. The van der Waals surface area contributed by atoms with Crippen LogP contribution in [0, 0.1) is 0 Å². The van der Waals surface area contributed by atoms with Crippen LogP contribution >= 0.6 is 11.8 Å². The quantitative estimate of drug-likeness (QED) is 0.665. The smallest absolute Gasteiger partial charge is 0.266 e. The van der Waals surface area contributed by atoms with Gasteiger partial charge in [-0.2, -0.15) is 0 Å². The van der Waals surface area contributed by atoms with Crippen LogP contribution in [0.4, 0.5) is 0 Å². The van der Waals surface area contributed by atoms with Crippen molar-refractivity contribution >= 4 is 33.6 Å². The highest BCUT2D eigenvalue weighted by Crippen LogP contribution is 2.22. The molecule has 1 heterocycles. The average molecular weight is 376 g/mol. The van der Waals surface area contributed by atoms with E-state index in [4.69, 9.17) is 4.74 Å². The Morgan fingerprint density at radius 3 is 2.63 bits per heavy atom. The Kier molecular flexibility index (Phi) is 5.39. The number of fused-ring (bicyclic) bond motifs is 1. The van der Waals surface area contributed by atoms with Crippen molar-refractivity contribution < 1.29 is 9.53 Å². The van der Waals surface area contributed by atoms with Crippen LogP contribution in [0.15, 0.2) is 77.8 Å². The maximum atomic E-state index is 12.6. The minimum atomic E-state index is -0.0556. The van der Waals surface area contributed by atoms with Crippen LogP contribution < -0.4 is 4.74 Å². The van der Waals surface area contributed by atoms with E-state index in [-0.39, 0.29) is 12.5 Å². The molecular formula is C22H20N2O2S. The van der Waals surface area contributed by atoms with Gasteiger partial charge in [-0.15, -0.1) is 0 Å². The van der Waals surface area contributed by atoms with Crippen molar-refractivity contribution in [2.45, 2.75) is 5.75 Å². The van der Waals surface area contributed by atoms with Gasteiger partial charge in [-0.3, -0.25) is 14.7 Å². The Morgan fingerprint density at radius 2 is 1.78 bits per heavy atom. The fourth-order valence-electron chi connectivity index (χ4n) is 2.98. The van der Waals surface area contributed by atoms with Gasteiger partial charge in [0, 0.05) is 12.3 Å². The highest BCUT2D eigenvalue weighted by Gasteiger charge is 2.24. The molecule has 0 aliphatic carbocycles. The van der Waals surface area contributed by atoms with E-state index in [1.165, 1.54) is 5.56 Å². The van der Waals surface area contributed by atoms with Crippen molar-refractivity contribution in [3.05, 3.63) is 78.4 Å². The number of hydrogen-bond donors (Lipinski definition) is 0. The number of aliphatic imine (C=N–C) groups is 1. The molecular weight excluding hydrogens is 356 g/mol. The summed E-state index contributed by atoms with van der Waals surface area (Å²) in [4.78, 5) is 18.8. The van der Waals surface area contributed by atoms with Crippen molar-refractivity contribution in [1.82, 2.24) is 4.90 Å². The minimum Gasteiger partial charge on any atom is -0.484 e. The molecule has 4 nitrogen and oxygen atoms in total. The fraction of sp³-hybridized carbons (Fsp3) is 0.182. The third kappa shape index (κ3) is 4.31. The molecule has 1 aliphatic heterocycles. The second kappa shape index (κ2) is 8.27. The van der Waals surface area contributed by atoms with Crippen molar-refractivity contribution in [1.29, 1.82) is 0 Å². The number of nitrogens with zero attached hydrogens (tertiary/aromatic N) is 2. The van der Waals surface area contributed by atoms with Gasteiger partial charge in [0.2, 0.25) is 0 Å². The molecule has 1 amide bonds. The predicted molar refractivity (Wildman–Crippen MR) is 111 cm³/mol. The Labute approximate surface area is 162 Å². The van der Waals surface area contributed by atoms with Gasteiger partial charge >= 0.3 is 0 Å². The van der Waals surface area contributed by atoms with E-state index in [2.05, 4.69) is 23.2 Å². The summed E-state index contributed by atoms with van der Waals surface area (Å²) < 4.78 is 5.74. The summed E-state index contributed by atoms with van der Waals surface area (Å²) in [6.07, 6.45) is 0. The molecule has 0 N–H and O–H groups in total. The lowest BCUT2D eigenvalue weighted by molar-refractivity contribution is -0.128. The average Bonchev–Trinajstić information content (AvgIpc) is 3.20. The Bertz CT molecular complexity index is 972. The first-order valence-electron chi connectivity index (χ1n) is 8.93. The molecule has 0 fully saturated rings. The summed E-state index contributed by atoms with van der Waals surface area (Å²) in [6, 6.07) is 24.2. The highest BCUT2D eigenvalue weighted by molar-refractivity contribution is 8.13. The maximum absolute atomic E-state index is 12.6. The van der Waals surface area contributed by atoms with Gasteiger partial charge in [0.05, 0.1) is 6.54 Å². The number of thioether (sulfide) groups is 1. The Hall–Kier alpha value is -2.79. The van der Waals surface area contributed by atoms with Crippen LogP contribution in [-0.2, 0) is 10.5 Å². The van der Waals surface area contributed by atoms with Crippen LogP contribution in [-0.4, -0.2) is 35.7 Å². The summed E-state index contributed by atoms with van der Waals surface area (Å²) in [5, 5.41) is 3.04. The van der Waals surface area contributed by atoms with Crippen LogP contribution in [0.25, 0.3) is 10.8 Å².